The molecular weight excluding hydrogens is 414 g/mol. The van der Waals surface area contributed by atoms with Crippen LogP contribution in [-0.2, 0) is 6.42 Å². The molecule has 2 aliphatic carbocycles. The Labute approximate surface area is 196 Å². The number of fused-ring (bicyclic) bond motifs is 1. The number of nitrogens with two attached hydrogens (primary N) is 1. The molecule has 3 N–H and O–H groups in total. The first-order valence-corrected chi connectivity index (χ1v) is 12.0. The van der Waals surface area contributed by atoms with Gasteiger partial charge in [0.25, 0.3) is 5.91 Å². The van der Waals surface area contributed by atoms with Gasteiger partial charge >= 0.3 is 0 Å². The molecular formula is C26H38N5O2+. The number of rotatable bonds is 5. The molecule has 4 rings (SSSR count). The molecule has 0 aliphatic heterocycles. The Morgan fingerprint density at radius 3 is 2.42 bits per heavy atom. The molecule has 0 radical (unpaired) electrons. The number of hydrogen-bond acceptors (Lipinski definition) is 4. The summed E-state index contributed by atoms with van der Waals surface area (Å²) in [6, 6.07) is 6.57. The fourth-order valence-electron chi connectivity index (χ4n) is 5.57. The lowest BCUT2D eigenvalue weighted by molar-refractivity contribution is -0.897. The first-order chi connectivity index (χ1) is 15.4. The Hall–Kier alpha value is -2.67. The van der Waals surface area contributed by atoms with Crippen LogP contribution in [0.2, 0.25) is 0 Å². The third kappa shape index (κ3) is 4.69. The lowest BCUT2D eigenvalue weighted by Gasteiger charge is -2.39. The topological polar surface area (TPSA) is 90.0 Å². The van der Waals surface area contributed by atoms with E-state index in [0.29, 0.717) is 24.1 Å². The molecule has 178 valence electrons. The predicted molar refractivity (Wildman–Crippen MR) is 131 cm³/mol. The van der Waals surface area contributed by atoms with Crippen molar-refractivity contribution in [3.8, 4) is 5.69 Å². The number of hydrogen-bond donors (Lipinski definition) is 2. The van der Waals surface area contributed by atoms with Gasteiger partial charge in [-0.3, -0.25) is 9.59 Å². The number of aromatic nitrogens is 2. The van der Waals surface area contributed by atoms with Crippen LogP contribution in [-0.4, -0.2) is 59.2 Å². The summed E-state index contributed by atoms with van der Waals surface area (Å²) in [6.45, 7) is 6.14. The van der Waals surface area contributed by atoms with Gasteiger partial charge in [-0.2, -0.15) is 5.10 Å². The van der Waals surface area contributed by atoms with Crippen LogP contribution >= 0.6 is 0 Å². The van der Waals surface area contributed by atoms with Crippen LogP contribution in [0.1, 0.15) is 78.1 Å². The maximum absolute atomic E-state index is 12.8. The largest absolute Gasteiger partial charge is 0.382 e. The lowest BCUT2D eigenvalue weighted by Crippen LogP contribution is -2.48. The van der Waals surface area contributed by atoms with Crippen molar-refractivity contribution >= 4 is 17.4 Å². The van der Waals surface area contributed by atoms with Gasteiger partial charge in [0.15, 0.2) is 5.78 Å². The standard InChI is InChI=1S/C26H37N5O2/c1-16-24-22(14-26(2,3)15-23(24)32)30(29-16)18-9-12-20(25(27)33)21(13-18)28-17-7-10-19(11-8-17)31(4,5)6/h9,12-13,17,19H,7-8,10-11,14-15H2,1-6H3,(H2-,27,28,33)/p+1. The molecule has 2 aliphatic rings. The number of amides is 1. The number of primary amides is 1. The summed E-state index contributed by atoms with van der Waals surface area (Å²) in [6.07, 6.45) is 5.73. The minimum atomic E-state index is -0.445. The zero-order valence-corrected chi connectivity index (χ0v) is 20.9. The number of benzene rings is 1. The zero-order chi connectivity index (χ0) is 24.1. The van der Waals surface area contributed by atoms with Crippen molar-refractivity contribution in [2.24, 2.45) is 11.1 Å². The highest BCUT2D eigenvalue weighted by Gasteiger charge is 2.36. The van der Waals surface area contributed by atoms with Crippen LogP contribution < -0.4 is 11.1 Å². The Balaban J connectivity index is 1.66. The quantitative estimate of drug-likeness (QED) is 0.674. The van der Waals surface area contributed by atoms with Gasteiger partial charge in [0.1, 0.15) is 0 Å². The number of aryl methyl sites for hydroxylation is 1. The molecule has 1 amide bonds. The van der Waals surface area contributed by atoms with Gasteiger partial charge in [0.05, 0.1) is 55.4 Å². The molecule has 0 unspecified atom stereocenters. The molecule has 7 heteroatoms. The monoisotopic (exact) mass is 452 g/mol. The Morgan fingerprint density at radius 1 is 1.15 bits per heavy atom. The molecule has 0 atom stereocenters. The molecule has 1 fully saturated rings. The normalized spacial score (nSPS) is 22.7. The van der Waals surface area contributed by atoms with E-state index in [0.717, 1.165) is 64.9 Å². The fraction of sp³-hybridized carbons (Fsp3) is 0.577. The average molecular weight is 453 g/mol. The van der Waals surface area contributed by atoms with E-state index in [2.05, 4.69) is 40.3 Å². The third-order valence-corrected chi connectivity index (χ3v) is 7.38. The summed E-state index contributed by atoms with van der Waals surface area (Å²) in [4.78, 5) is 25.0. The second-order valence-corrected chi connectivity index (χ2v) is 11.6. The molecule has 1 saturated carbocycles. The maximum atomic E-state index is 12.8. The molecule has 0 spiro atoms. The zero-order valence-electron chi connectivity index (χ0n) is 20.9. The van der Waals surface area contributed by atoms with E-state index in [1.165, 1.54) is 0 Å². The summed E-state index contributed by atoms with van der Waals surface area (Å²) in [5.74, 6) is -0.287. The molecule has 1 aromatic carbocycles. The van der Waals surface area contributed by atoms with Crippen LogP contribution in [0, 0.1) is 12.3 Å². The van der Waals surface area contributed by atoms with Crippen molar-refractivity contribution < 1.29 is 14.1 Å². The summed E-state index contributed by atoms with van der Waals surface area (Å²) in [5.41, 5.74) is 10.1. The first kappa shape index (κ1) is 23.5. The minimum Gasteiger partial charge on any atom is -0.382 e. The van der Waals surface area contributed by atoms with Crippen LogP contribution in [0.15, 0.2) is 18.2 Å². The Kier molecular flexibility index (Phi) is 5.89. The van der Waals surface area contributed by atoms with Crippen LogP contribution in [0.4, 0.5) is 5.69 Å². The van der Waals surface area contributed by atoms with E-state index >= 15 is 0 Å². The van der Waals surface area contributed by atoms with Gasteiger partial charge < -0.3 is 15.5 Å². The van der Waals surface area contributed by atoms with Gasteiger partial charge in [-0.25, -0.2) is 4.68 Å². The highest BCUT2D eigenvalue weighted by Crippen LogP contribution is 2.37. The molecule has 0 saturated heterocycles. The fourth-order valence-corrected chi connectivity index (χ4v) is 5.57. The second kappa shape index (κ2) is 8.28. The van der Waals surface area contributed by atoms with Crippen molar-refractivity contribution in [2.45, 2.75) is 71.4 Å². The number of ketones is 1. The van der Waals surface area contributed by atoms with Crippen molar-refractivity contribution in [3.63, 3.8) is 0 Å². The van der Waals surface area contributed by atoms with Crippen LogP contribution in [0.5, 0.6) is 0 Å². The number of Topliss-reactive ketones (excluding diaryl/α,β-unsaturated/α-hetero) is 1. The predicted octanol–water partition coefficient (Wildman–Crippen LogP) is 3.86. The molecule has 1 heterocycles. The van der Waals surface area contributed by atoms with E-state index in [1.54, 1.807) is 6.07 Å². The highest BCUT2D eigenvalue weighted by atomic mass is 16.1. The van der Waals surface area contributed by atoms with Crippen molar-refractivity contribution in [2.75, 3.05) is 26.5 Å². The summed E-state index contributed by atoms with van der Waals surface area (Å²) < 4.78 is 2.86. The summed E-state index contributed by atoms with van der Waals surface area (Å²) in [7, 11) is 6.77. The molecule has 33 heavy (non-hydrogen) atoms. The van der Waals surface area contributed by atoms with Crippen LogP contribution in [0.3, 0.4) is 0 Å². The number of nitrogens with one attached hydrogen (secondary N) is 1. The maximum Gasteiger partial charge on any atom is 0.250 e. The second-order valence-electron chi connectivity index (χ2n) is 11.6. The van der Waals surface area contributed by atoms with E-state index in [4.69, 9.17) is 10.8 Å². The third-order valence-electron chi connectivity index (χ3n) is 7.38. The molecule has 7 nitrogen and oxygen atoms in total. The van der Waals surface area contributed by atoms with Crippen molar-refractivity contribution in [3.05, 3.63) is 40.7 Å². The minimum absolute atomic E-state index is 0.104. The van der Waals surface area contributed by atoms with Crippen LogP contribution in [0.25, 0.3) is 5.69 Å². The number of nitrogens with zero attached hydrogens (tertiary/aromatic N) is 3. The van der Waals surface area contributed by atoms with Gasteiger partial charge in [0, 0.05) is 31.0 Å². The SMILES string of the molecule is Cc1nn(-c2ccc(C(N)=O)c(NC3CCC([N+](C)(C)C)CC3)c2)c2c1C(=O)CC(C)(C)C2. The number of carbonyl (C=O) groups is 2. The van der Waals surface area contributed by atoms with Crippen molar-refractivity contribution in [1.29, 1.82) is 0 Å². The number of quaternary nitrogens is 1. The summed E-state index contributed by atoms with van der Waals surface area (Å²) >= 11 is 0. The molecule has 2 aromatic rings. The lowest BCUT2D eigenvalue weighted by atomic mass is 9.75. The van der Waals surface area contributed by atoms with Gasteiger partial charge in [0.2, 0.25) is 0 Å². The number of carbonyl (C=O) groups excluding carboxylic acids is 2. The average Bonchev–Trinajstić information content (AvgIpc) is 3.02. The molecule has 0 bridgehead atoms. The van der Waals surface area contributed by atoms with Crippen molar-refractivity contribution in [1.82, 2.24) is 9.78 Å². The molecule has 1 aromatic heterocycles. The first-order valence-electron chi connectivity index (χ1n) is 12.0. The summed E-state index contributed by atoms with van der Waals surface area (Å²) in [5, 5.41) is 8.34. The van der Waals surface area contributed by atoms with E-state index in [1.807, 2.05) is 23.7 Å². The van der Waals surface area contributed by atoms with E-state index < -0.39 is 5.91 Å². The van der Waals surface area contributed by atoms with E-state index in [-0.39, 0.29) is 11.2 Å². The highest BCUT2D eigenvalue weighted by molar-refractivity contribution is 6.00. The van der Waals surface area contributed by atoms with Gasteiger partial charge in [-0.1, -0.05) is 13.8 Å². The number of anilines is 1. The smallest absolute Gasteiger partial charge is 0.250 e. The Morgan fingerprint density at radius 2 is 1.82 bits per heavy atom. The van der Waals surface area contributed by atoms with Gasteiger partial charge in [-0.05, 0) is 49.8 Å². The van der Waals surface area contributed by atoms with Gasteiger partial charge in [-0.15, -0.1) is 0 Å². The Bertz CT molecular complexity index is 1080. The van der Waals surface area contributed by atoms with E-state index in [9.17, 15) is 9.59 Å².